The summed E-state index contributed by atoms with van der Waals surface area (Å²) < 4.78 is 10.3. The molecule has 0 aromatic carbocycles. The van der Waals surface area contributed by atoms with Crippen LogP contribution in [0.15, 0.2) is 0 Å². The summed E-state index contributed by atoms with van der Waals surface area (Å²) in [6.45, 7) is 2.97. The molecule has 5 heteroatoms. The van der Waals surface area contributed by atoms with E-state index in [1.807, 2.05) is 0 Å². The lowest BCUT2D eigenvalue weighted by Crippen LogP contribution is -2.34. The number of carboxylic acid groups (broad SMARTS) is 1. The Kier molecular flexibility index (Phi) is 4.97. The quantitative estimate of drug-likeness (QED) is 0.657. The maximum atomic E-state index is 11.1. The molecule has 0 aromatic rings. The molecule has 0 amide bonds. The van der Waals surface area contributed by atoms with E-state index in [1.54, 1.807) is 7.11 Å². The lowest BCUT2D eigenvalue weighted by atomic mass is 9.89. The third kappa shape index (κ3) is 3.02. The lowest BCUT2D eigenvalue weighted by molar-refractivity contribution is -0.142. The first-order valence-electron chi connectivity index (χ1n) is 6.79. The first-order valence-corrected chi connectivity index (χ1v) is 6.79. The summed E-state index contributed by atoms with van der Waals surface area (Å²) in [5.41, 5.74) is 0. The van der Waals surface area contributed by atoms with Gasteiger partial charge in [-0.1, -0.05) is 0 Å². The van der Waals surface area contributed by atoms with Crippen LogP contribution in [0.3, 0.4) is 0 Å². The van der Waals surface area contributed by atoms with Gasteiger partial charge in [-0.05, 0) is 25.7 Å². The van der Waals surface area contributed by atoms with Crippen LogP contribution < -0.4 is 0 Å². The predicted molar refractivity (Wildman–Crippen MR) is 66.6 cm³/mol. The van der Waals surface area contributed by atoms with E-state index in [-0.39, 0.29) is 12.0 Å². The van der Waals surface area contributed by atoms with Crippen LogP contribution in [0.4, 0.5) is 0 Å². The zero-order valence-electron chi connectivity index (χ0n) is 11.0. The SMILES string of the molecule is COCCOCCCN1C2CCC1C(C(=O)O)C2. The topological polar surface area (TPSA) is 59.0 Å². The molecule has 2 saturated heterocycles. The van der Waals surface area contributed by atoms with Crippen molar-refractivity contribution in [2.45, 2.75) is 37.8 Å². The van der Waals surface area contributed by atoms with Crippen molar-refractivity contribution in [1.82, 2.24) is 4.90 Å². The number of ether oxygens (including phenoxy) is 2. The number of fused-ring (bicyclic) bond motifs is 2. The summed E-state index contributed by atoms with van der Waals surface area (Å²) in [6.07, 6.45) is 4.03. The molecular formula is C13H23NO4. The maximum absolute atomic E-state index is 11.1. The minimum atomic E-state index is -0.622. The molecular weight excluding hydrogens is 234 g/mol. The highest BCUT2D eigenvalue weighted by atomic mass is 16.5. The molecule has 2 aliphatic rings. The molecule has 3 unspecified atom stereocenters. The number of rotatable bonds is 8. The van der Waals surface area contributed by atoms with Crippen molar-refractivity contribution >= 4 is 5.97 Å². The van der Waals surface area contributed by atoms with E-state index >= 15 is 0 Å². The number of hydrogen-bond donors (Lipinski definition) is 1. The van der Waals surface area contributed by atoms with E-state index in [9.17, 15) is 4.79 Å². The van der Waals surface area contributed by atoms with E-state index in [2.05, 4.69) is 4.90 Å². The molecule has 0 spiro atoms. The highest BCUT2D eigenvalue weighted by Crippen LogP contribution is 2.41. The molecule has 2 aliphatic heterocycles. The Morgan fingerprint density at radius 3 is 2.83 bits per heavy atom. The summed E-state index contributed by atoms with van der Waals surface area (Å²) in [4.78, 5) is 13.5. The molecule has 18 heavy (non-hydrogen) atoms. The van der Waals surface area contributed by atoms with Gasteiger partial charge >= 0.3 is 5.97 Å². The Morgan fingerprint density at radius 1 is 1.33 bits per heavy atom. The minimum Gasteiger partial charge on any atom is -0.481 e. The smallest absolute Gasteiger partial charge is 0.308 e. The average Bonchev–Trinajstić information content (AvgIpc) is 2.90. The summed E-state index contributed by atoms with van der Waals surface area (Å²) in [5.74, 6) is -0.762. The van der Waals surface area contributed by atoms with Crippen molar-refractivity contribution in [2.24, 2.45) is 5.92 Å². The second kappa shape index (κ2) is 6.50. The fourth-order valence-corrected chi connectivity index (χ4v) is 3.31. The Bertz CT molecular complexity index is 284. The Labute approximate surface area is 108 Å². The third-order valence-electron chi connectivity index (χ3n) is 4.14. The van der Waals surface area contributed by atoms with Gasteiger partial charge in [0, 0.05) is 32.3 Å². The van der Waals surface area contributed by atoms with Gasteiger partial charge in [-0.25, -0.2) is 0 Å². The summed E-state index contributed by atoms with van der Waals surface area (Å²) >= 11 is 0. The van der Waals surface area contributed by atoms with Crippen LogP contribution in [0.25, 0.3) is 0 Å². The molecule has 2 bridgehead atoms. The molecule has 0 radical (unpaired) electrons. The number of hydrogen-bond acceptors (Lipinski definition) is 4. The van der Waals surface area contributed by atoms with Gasteiger partial charge < -0.3 is 14.6 Å². The van der Waals surface area contributed by atoms with Crippen molar-refractivity contribution in [3.05, 3.63) is 0 Å². The van der Waals surface area contributed by atoms with Crippen molar-refractivity contribution in [3.63, 3.8) is 0 Å². The van der Waals surface area contributed by atoms with Crippen LogP contribution in [0.2, 0.25) is 0 Å². The number of aliphatic carboxylic acids is 1. The van der Waals surface area contributed by atoms with Gasteiger partial charge in [0.1, 0.15) is 0 Å². The highest BCUT2D eigenvalue weighted by Gasteiger charge is 2.48. The Morgan fingerprint density at radius 2 is 2.17 bits per heavy atom. The van der Waals surface area contributed by atoms with Crippen molar-refractivity contribution in [1.29, 1.82) is 0 Å². The van der Waals surface area contributed by atoms with Gasteiger partial charge in [0.15, 0.2) is 0 Å². The van der Waals surface area contributed by atoms with Gasteiger partial charge in [0.2, 0.25) is 0 Å². The van der Waals surface area contributed by atoms with Crippen LogP contribution in [-0.4, -0.2) is 61.5 Å². The summed E-state index contributed by atoms with van der Waals surface area (Å²) in [6, 6.07) is 0.765. The zero-order chi connectivity index (χ0) is 13.0. The second-order valence-corrected chi connectivity index (χ2v) is 5.18. The van der Waals surface area contributed by atoms with Crippen LogP contribution in [-0.2, 0) is 14.3 Å². The van der Waals surface area contributed by atoms with Gasteiger partial charge in [-0.15, -0.1) is 0 Å². The summed E-state index contributed by atoms with van der Waals surface area (Å²) in [5, 5.41) is 9.16. The van der Waals surface area contributed by atoms with E-state index in [4.69, 9.17) is 14.6 Å². The monoisotopic (exact) mass is 257 g/mol. The first kappa shape index (κ1) is 13.8. The number of methoxy groups -OCH3 is 1. The largest absolute Gasteiger partial charge is 0.481 e. The van der Waals surface area contributed by atoms with E-state index in [0.717, 1.165) is 32.4 Å². The summed E-state index contributed by atoms with van der Waals surface area (Å²) in [7, 11) is 1.66. The predicted octanol–water partition coefficient (Wildman–Crippen LogP) is 0.977. The molecule has 104 valence electrons. The standard InChI is InChI=1S/C13H23NO4/c1-17-7-8-18-6-2-5-14-10-3-4-12(14)11(9-10)13(15)16/h10-12H,2-9H2,1H3,(H,15,16). The van der Waals surface area contributed by atoms with Crippen LogP contribution >= 0.6 is 0 Å². The van der Waals surface area contributed by atoms with E-state index < -0.39 is 5.97 Å². The average molecular weight is 257 g/mol. The van der Waals surface area contributed by atoms with Gasteiger partial charge in [-0.3, -0.25) is 9.69 Å². The van der Waals surface area contributed by atoms with Crippen molar-refractivity contribution < 1.29 is 19.4 Å². The van der Waals surface area contributed by atoms with Gasteiger partial charge in [0.25, 0.3) is 0 Å². The molecule has 2 fully saturated rings. The second-order valence-electron chi connectivity index (χ2n) is 5.18. The van der Waals surface area contributed by atoms with E-state index in [0.29, 0.717) is 19.3 Å². The van der Waals surface area contributed by atoms with Crippen molar-refractivity contribution in [2.75, 3.05) is 33.5 Å². The van der Waals surface area contributed by atoms with Crippen LogP contribution in [0, 0.1) is 5.92 Å². The molecule has 3 atom stereocenters. The molecule has 1 N–H and O–H groups in total. The Hall–Kier alpha value is -0.650. The van der Waals surface area contributed by atoms with E-state index in [1.165, 1.54) is 6.42 Å². The number of nitrogens with zero attached hydrogens (tertiary/aromatic N) is 1. The molecule has 2 heterocycles. The molecule has 0 aromatic heterocycles. The van der Waals surface area contributed by atoms with Gasteiger partial charge in [0.05, 0.1) is 19.1 Å². The van der Waals surface area contributed by atoms with Crippen LogP contribution in [0.5, 0.6) is 0 Å². The zero-order valence-corrected chi connectivity index (χ0v) is 11.0. The Balaban J connectivity index is 1.66. The molecule has 0 aliphatic carbocycles. The number of carboxylic acids is 1. The fourth-order valence-electron chi connectivity index (χ4n) is 3.31. The minimum absolute atomic E-state index is 0.141. The van der Waals surface area contributed by atoms with Crippen LogP contribution in [0.1, 0.15) is 25.7 Å². The molecule has 0 saturated carbocycles. The molecule has 2 rings (SSSR count). The first-order chi connectivity index (χ1) is 8.74. The molecule has 5 nitrogen and oxygen atoms in total. The third-order valence-corrected chi connectivity index (χ3v) is 4.14. The fraction of sp³-hybridized carbons (Fsp3) is 0.923. The lowest BCUT2D eigenvalue weighted by Gasteiger charge is -2.22. The van der Waals surface area contributed by atoms with Crippen molar-refractivity contribution in [3.8, 4) is 0 Å². The van der Waals surface area contributed by atoms with Gasteiger partial charge in [-0.2, -0.15) is 0 Å². The number of carbonyl (C=O) groups is 1. The maximum Gasteiger partial charge on any atom is 0.308 e. The highest BCUT2D eigenvalue weighted by molar-refractivity contribution is 5.71. The normalized spacial score (nSPS) is 31.1.